The first-order chi connectivity index (χ1) is 8.63. The quantitative estimate of drug-likeness (QED) is 0.493. The maximum absolute atomic E-state index is 12.9. The van der Waals surface area contributed by atoms with Crippen molar-refractivity contribution in [1.29, 1.82) is 0 Å². The maximum atomic E-state index is 12.9. The number of benzene rings is 1. The SMILES string of the molecule is C/C=C/CCNC(=O)/C=C/c1ccc(F)c(Cl)c1. The molecule has 1 amide bonds. The molecule has 0 aliphatic heterocycles. The standard InChI is InChI=1S/C14H15ClFNO/c1-2-3-4-9-17-14(18)8-6-11-5-7-13(16)12(15)10-11/h2-3,5-8,10H,4,9H2,1H3,(H,17,18)/b3-2+,8-6+. The smallest absolute Gasteiger partial charge is 0.244 e. The molecule has 1 aromatic carbocycles. The Morgan fingerprint density at radius 1 is 1.50 bits per heavy atom. The van der Waals surface area contributed by atoms with Crippen LogP contribution in [0.25, 0.3) is 6.08 Å². The number of nitrogens with one attached hydrogen (secondary N) is 1. The van der Waals surface area contributed by atoms with Crippen molar-refractivity contribution >= 4 is 23.6 Å². The molecule has 0 aliphatic carbocycles. The molecule has 0 heterocycles. The Kier molecular flexibility index (Phi) is 6.15. The Morgan fingerprint density at radius 2 is 2.28 bits per heavy atom. The van der Waals surface area contributed by atoms with Crippen molar-refractivity contribution in [2.24, 2.45) is 0 Å². The second-order valence-corrected chi connectivity index (χ2v) is 4.06. The van der Waals surface area contributed by atoms with Crippen molar-refractivity contribution in [3.63, 3.8) is 0 Å². The van der Waals surface area contributed by atoms with Gasteiger partial charge in [0.25, 0.3) is 0 Å². The van der Waals surface area contributed by atoms with E-state index < -0.39 is 5.82 Å². The molecule has 0 bridgehead atoms. The molecule has 0 radical (unpaired) electrons. The number of halogens is 2. The summed E-state index contributed by atoms with van der Waals surface area (Å²) >= 11 is 5.63. The van der Waals surface area contributed by atoms with E-state index in [-0.39, 0.29) is 10.9 Å². The predicted octanol–water partition coefficient (Wildman–Crippen LogP) is 3.57. The van der Waals surface area contributed by atoms with Gasteiger partial charge in [-0.3, -0.25) is 4.79 Å². The molecule has 1 N–H and O–H groups in total. The van der Waals surface area contributed by atoms with Crippen LogP contribution in [0, 0.1) is 5.82 Å². The van der Waals surface area contributed by atoms with Crippen LogP contribution in [0.15, 0.2) is 36.4 Å². The summed E-state index contributed by atoms with van der Waals surface area (Å²) in [5.41, 5.74) is 0.685. The highest BCUT2D eigenvalue weighted by Gasteiger charge is 1.99. The van der Waals surface area contributed by atoms with Crippen molar-refractivity contribution in [3.8, 4) is 0 Å². The normalized spacial score (nSPS) is 11.3. The van der Waals surface area contributed by atoms with Gasteiger partial charge in [0, 0.05) is 12.6 Å². The lowest BCUT2D eigenvalue weighted by Gasteiger charge is -1.99. The third kappa shape index (κ3) is 5.15. The lowest BCUT2D eigenvalue weighted by molar-refractivity contribution is -0.116. The molecule has 18 heavy (non-hydrogen) atoms. The summed E-state index contributed by atoms with van der Waals surface area (Å²) in [5, 5.41) is 2.78. The molecule has 4 heteroatoms. The molecule has 2 nitrogen and oxygen atoms in total. The molecule has 0 fully saturated rings. The summed E-state index contributed by atoms with van der Waals surface area (Å²) in [6.07, 6.45) is 7.71. The van der Waals surface area contributed by atoms with Gasteiger partial charge in [-0.2, -0.15) is 0 Å². The van der Waals surface area contributed by atoms with E-state index in [0.29, 0.717) is 12.1 Å². The minimum Gasteiger partial charge on any atom is -0.352 e. The average molecular weight is 268 g/mol. The van der Waals surface area contributed by atoms with E-state index in [2.05, 4.69) is 5.32 Å². The summed E-state index contributed by atoms with van der Waals surface area (Å²) in [6, 6.07) is 4.30. The van der Waals surface area contributed by atoms with E-state index >= 15 is 0 Å². The highest BCUT2D eigenvalue weighted by Crippen LogP contribution is 2.16. The Morgan fingerprint density at radius 3 is 2.94 bits per heavy atom. The number of amides is 1. The van der Waals surface area contributed by atoms with Gasteiger partial charge in [0.15, 0.2) is 0 Å². The van der Waals surface area contributed by atoms with E-state index in [0.717, 1.165) is 6.42 Å². The fraction of sp³-hybridized carbons (Fsp3) is 0.214. The largest absolute Gasteiger partial charge is 0.352 e. The van der Waals surface area contributed by atoms with Crippen molar-refractivity contribution in [3.05, 3.63) is 52.8 Å². The number of rotatable bonds is 5. The molecule has 0 aromatic heterocycles. The van der Waals surface area contributed by atoms with Gasteiger partial charge in [0.1, 0.15) is 5.82 Å². The Balaban J connectivity index is 2.47. The van der Waals surface area contributed by atoms with Crippen LogP contribution >= 0.6 is 11.6 Å². The maximum Gasteiger partial charge on any atom is 0.244 e. The Bertz CT molecular complexity index is 469. The lowest BCUT2D eigenvalue weighted by atomic mass is 10.2. The molecule has 96 valence electrons. The van der Waals surface area contributed by atoms with Gasteiger partial charge in [0.2, 0.25) is 5.91 Å². The molecule has 0 spiro atoms. The van der Waals surface area contributed by atoms with E-state index in [4.69, 9.17) is 11.6 Å². The zero-order chi connectivity index (χ0) is 13.4. The van der Waals surface area contributed by atoms with Crippen molar-refractivity contribution in [2.75, 3.05) is 6.54 Å². The van der Waals surface area contributed by atoms with Crippen LogP contribution in [0.2, 0.25) is 5.02 Å². The minimum atomic E-state index is -0.468. The second kappa shape index (κ2) is 7.67. The number of hydrogen-bond donors (Lipinski definition) is 1. The number of allylic oxidation sites excluding steroid dienone is 1. The number of hydrogen-bond acceptors (Lipinski definition) is 1. The Hall–Kier alpha value is -1.61. The van der Waals surface area contributed by atoms with Crippen LogP contribution in [0.1, 0.15) is 18.9 Å². The number of carbonyl (C=O) groups excluding carboxylic acids is 1. The van der Waals surface area contributed by atoms with E-state index in [9.17, 15) is 9.18 Å². The molecular weight excluding hydrogens is 253 g/mol. The molecule has 0 saturated heterocycles. The molecule has 0 atom stereocenters. The van der Waals surface area contributed by atoms with Crippen molar-refractivity contribution in [1.82, 2.24) is 5.32 Å². The number of carbonyl (C=O) groups is 1. The van der Waals surface area contributed by atoms with E-state index in [1.54, 1.807) is 12.1 Å². The fourth-order valence-electron chi connectivity index (χ4n) is 1.29. The first-order valence-electron chi connectivity index (χ1n) is 5.65. The third-order valence-electron chi connectivity index (χ3n) is 2.22. The first-order valence-corrected chi connectivity index (χ1v) is 6.03. The van der Waals surface area contributed by atoms with Gasteiger partial charge < -0.3 is 5.32 Å². The van der Waals surface area contributed by atoms with Crippen LogP contribution in [-0.4, -0.2) is 12.5 Å². The van der Waals surface area contributed by atoms with Crippen LogP contribution in [0.4, 0.5) is 4.39 Å². The van der Waals surface area contributed by atoms with E-state index in [1.165, 1.54) is 18.2 Å². The third-order valence-corrected chi connectivity index (χ3v) is 2.51. The first kappa shape index (κ1) is 14.5. The van der Waals surface area contributed by atoms with Crippen LogP contribution < -0.4 is 5.32 Å². The minimum absolute atomic E-state index is 0.0469. The molecule has 0 aliphatic rings. The highest BCUT2D eigenvalue weighted by molar-refractivity contribution is 6.30. The predicted molar refractivity (Wildman–Crippen MR) is 72.9 cm³/mol. The monoisotopic (exact) mass is 267 g/mol. The lowest BCUT2D eigenvalue weighted by Crippen LogP contribution is -2.21. The molecule has 1 rings (SSSR count). The summed E-state index contributed by atoms with van der Waals surface area (Å²) in [5.74, 6) is -0.649. The summed E-state index contributed by atoms with van der Waals surface area (Å²) in [4.78, 5) is 11.4. The van der Waals surface area contributed by atoms with Crippen LogP contribution in [0.3, 0.4) is 0 Å². The summed E-state index contributed by atoms with van der Waals surface area (Å²) in [7, 11) is 0. The zero-order valence-corrected chi connectivity index (χ0v) is 10.9. The zero-order valence-electron chi connectivity index (χ0n) is 10.1. The van der Waals surface area contributed by atoms with Gasteiger partial charge in [-0.15, -0.1) is 0 Å². The summed E-state index contributed by atoms with van der Waals surface area (Å²) < 4.78 is 12.9. The van der Waals surface area contributed by atoms with Crippen molar-refractivity contribution < 1.29 is 9.18 Å². The second-order valence-electron chi connectivity index (χ2n) is 3.66. The van der Waals surface area contributed by atoms with Crippen LogP contribution in [0.5, 0.6) is 0 Å². The Labute approximate surface area is 111 Å². The molecule has 0 saturated carbocycles. The van der Waals surface area contributed by atoms with Crippen LogP contribution in [-0.2, 0) is 4.79 Å². The van der Waals surface area contributed by atoms with Gasteiger partial charge >= 0.3 is 0 Å². The molecule has 1 aromatic rings. The molecular formula is C14H15ClFNO. The van der Waals surface area contributed by atoms with E-state index in [1.807, 2.05) is 19.1 Å². The summed E-state index contributed by atoms with van der Waals surface area (Å²) in [6.45, 7) is 2.53. The van der Waals surface area contributed by atoms with Crippen molar-refractivity contribution in [2.45, 2.75) is 13.3 Å². The van der Waals surface area contributed by atoms with Gasteiger partial charge in [-0.05, 0) is 37.1 Å². The van der Waals surface area contributed by atoms with Gasteiger partial charge in [0.05, 0.1) is 5.02 Å². The topological polar surface area (TPSA) is 29.1 Å². The fourth-order valence-corrected chi connectivity index (χ4v) is 1.48. The molecule has 0 unspecified atom stereocenters. The van der Waals surface area contributed by atoms with Gasteiger partial charge in [-0.25, -0.2) is 4.39 Å². The highest BCUT2D eigenvalue weighted by atomic mass is 35.5. The van der Waals surface area contributed by atoms with Gasteiger partial charge in [-0.1, -0.05) is 29.8 Å². The average Bonchev–Trinajstić information content (AvgIpc) is 2.36.